The van der Waals surface area contributed by atoms with E-state index < -0.39 is 0 Å². The second-order valence-electron chi connectivity index (χ2n) is 3.97. The SMILES string of the molecule is CCNCCN(CC)CCC(C)C. The molecule has 0 saturated heterocycles. The fourth-order valence-electron chi connectivity index (χ4n) is 1.28. The summed E-state index contributed by atoms with van der Waals surface area (Å²) in [6, 6.07) is 0. The molecule has 0 aromatic carbocycles. The molecular weight excluding hydrogens is 160 g/mol. The first-order chi connectivity index (χ1) is 6.20. The van der Waals surface area contributed by atoms with E-state index in [2.05, 4.69) is 37.9 Å². The first-order valence-corrected chi connectivity index (χ1v) is 5.63. The number of hydrogen-bond acceptors (Lipinski definition) is 2. The topological polar surface area (TPSA) is 15.3 Å². The van der Waals surface area contributed by atoms with Crippen molar-refractivity contribution in [2.75, 3.05) is 32.7 Å². The van der Waals surface area contributed by atoms with E-state index in [1.807, 2.05) is 0 Å². The molecule has 0 aromatic rings. The lowest BCUT2D eigenvalue weighted by atomic mass is 10.1. The van der Waals surface area contributed by atoms with Crippen molar-refractivity contribution in [3.05, 3.63) is 0 Å². The zero-order chi connectivity index (χ0) is 10.1. The number of rotatable bonds is 8. The highest BCUT2D eigenvalue weighted by Gasteiger charge is 2.02. The molecule has 13 heavy (non-hydrogen) atoms. The van der Waals surface area contributed by atoms with E-state index >= 15 is 0 Å². The summed E-state index contributed by atoms with van der Waals surface area (Å²) in [5, 5.41) is 3.36. The van der Waals surface area contributed by atoms with Crippen LogP contribution in [0.3, 0.4) is 0 Å². The quantitative estimate of drug-likeness (QED) is 0.583. The predicted octanol–water partition coefficient (Wildman–Crippen LogP) is 1.96. The second kappa shape index (κ2) is 8.52. The molecule has 0 aromatic heterocycles. The molecule has 0 amide bonds. The molecule has 80 valence electrons. The average molecular weight is 186 g/mol. The summed E-state index contributed by atoms with van der Waals surface area (Å²) in [4.78, 5) is 2.52. The monoisotopic (exact) mass is 186 g/mol. The maximum atomic E-state index is 3.36. The molecule has 0 rings (SSSR count). The van der Waals surface area contributed by atoms with Crippen molar-refractivity contribution in [3.8, 4) is 0 Å². The molecule has 1 N–H and O–H groups in total. The van der Waals surface area contributed by atoms with Crippen LogP contribution in [-0.4, -0.2) is 37.6 Å². The third-order valence-corrected chi connectivity index (χ3v) is 2.32. The minimum atomic E-state index is 0.827. The Balaban J connectivity index is 3.39. The molecule has 0 aliphatic rings. The Morgan fingerprint density at radius 1 is 1.15 bits per heavy atom. The Morgan fingerprint density at radius 3 is 2.31 bits per heavy atom. The minimum absolute atomic E-state index is 0.827. The third kappa shape index (κ3) is 8.26. The Kier molecular flexibility index (Phi) is 8.46. The Hall–Kier alpha value is -0.0800. The molecule has 0 radical (unpaired) electrons. The summed E-state index contributed by atoms with van der Waals surface area (Å²) in [6.07, 6.45) is 1.32. The fourth-order valence-corrected chi connectivity index (χ4v) is 1.28. The van der Waals surface area contributed by atoms with Gasteiger partial charge in [-0.05, 0) is 32.0 Å². The standard InChI is InChI=1S/C11H26N2/c1-5-12-8-10-13(6-2)9-7-11(3)4/h11-12H,5-10H2,1-4H3. The molecule has 0 spiro atoms. The zero-order valence-corrected chi connectivity index (χ0v) is 9.77. The lowest BCUT2D eigenvalue weighted by Crippen LogP contribution is -2.33. The summed E-state index contributed by atoms with van der Waals surface area (Å²) < 4.78 is 0. The molecule has 0 aliphatic carbocycles. The van der Waals surface area contributed by atoms with E-state index in [1.54, 1.807) is 0 Å². The van der Waals surface area contributed by atoms with Gasteiger partial charge in [-0.15, -0.1) is 0 Å². The third-order valence-electron chi connectivity index (χ3n) is 2.32. The van der Waals surface area contributed by atoms with Crippen molar-refractivity contribution in [2.45, 2.75) is 34.1 Å². The van der Waals surface area contributed by atoms with Crippen LogP contribution in [0, 0.1) is 5.92 Å². The summed E-state index contributed by atoms with van der Waals surface area (Å²) in [7, 11) is 0. The molecule has 2 nitrogen and oxygen atoms in total. The maximum Gasteiger partial charge on any atom is 0.0107 e. The normalized spacial score (nSPS) is 11.5. The highest BCUT2D eigenvalue weighted by atomic mass is 15.1. The second-order valence-corrected chi connectivity index (χ2v) is 3.97. The van der Waals surface area contributed by atoms with Gasteiger partial charge < -0.3 is 10.2 Å². The number of hydrogen-bond donors (Lipinski definition) is 1. The van der Waals surface area contributed by atoms with E-state index in [0.29, 0.717) is 0 Å². The zero-order valence-electron chi connectivity index (χ0n) is 9.77. The maximum absolute atomic E-state index is 3.36. The smallest absolute Gasteiger partial charge is 0.0107 e. The van der Waals surface area contributed by atoms with Crippen molar-refractivity contribution in [1.29, 1.82) is 0 Å². The fraction of sp³-hybridized carbons (Fsp3) is 1.00. The van der Waals surface area contributed by atoms with Gasteiger partial charge in [-0.2, -0.15) is 0 Å². The van der Waals surface area contributed by atoms with Gasteiger partial charge >= 0.3 is 0 Å². The van der Waals surface area contributed by atoms with E-state index in [9.17, 15) is 0 Å². The van der Waals surface area contributed by atoms with Crippen molar-refractivity contribution in [3.63, 3.8) is 0 Å². The van der Waals surface area contributed by atoms with Gasteiger partial charge in [-0.1, -0.05) is 27.7 Å². The van der Waals surface area contributed by atoms with E-state index in [0.717, 1.165) is 19.0 Å². The van der Waals surface area contributed by atoms with Crippen LogP contribution in [0.2, 0.25) is 0 Å². The summed E-state index contributed by atoms with van der Waals surface area (Å²) in [6.45, 7) is 14.8. The van der Waals surface area contributed by atoms with Gasteiger partial charge in [0.15, 0.2) is 0 Å². The molecule has 0 saturated carbocycles. The van der Waals surface area contributed by atoms with E-state index in [-0.39, 0.29) is 0 Å². The van der Waals surface area contributed by atoms with Crippen LogP contribution in [0.15, 0.2) is 0 Å². The number of likely N-dealkylation sites (N-methyl/N-ethyl adjacent to an activating group) is 2. The van der Waals surface area contributed by atoms with Crippen LogP contribution in [0.1, 0.15) is 34.1 Å². The number of nitrogens with zero attached hydrogens (tertiary/aromatic N) is 1. The summed E-state index contributed by atoms with van der Waals surface area (Å²) in [5.41, 5.74) is 0. The molecular formula is C11H26N2. The van der Waals surface area contributed by atoms with Gasteiger partial charge in [0, 0.05) is 13.1 Å². The van der Waals surface area contributed by atoms with Crippen molar-refractivity contribution in [2.24, 2.45) is 5.92 Å². The predicted molar refractivity (Wildman–Crippen MR) is 60.1 cm³/mol. The Labute approximate surface area is 83.7 Å². The van der Waals surface area contributed by atoms with Crippen molar-refractivity contribution in [1.82, 2.24) is 10.2 Å². The highest BCUT2D eigenvalue weighted by Crippen LogP contribution is 2.01. The van der Waals surface area contributed by atoms with E-state index in [4.69, 9.17) is 0 Å². The van der Waals surface area contributed by atoms with Crippen LogP contribution in [0.5, 0.6) is 0 Å². The minimum Gasteiger partial charge on any atom is -0.316 e. The molecule has 0 unspecified atom stereocenters. The van der Waals surface area contributed by atoms with Crippen LogP contribution in [0.4, 0.5) is 0 Å². The van der Waals surface area contributed by atoms with Crippen LogP contribution >= 0.6 is 0 Å². The van der Waals surface area contributed by atoms with Gasteiger partial charge in [-0.25, -0.2) is 0 Å². The Morgan fingerprint density at radius 2 is 1.85 bits per heavy atom. The Bertz CT molecular complexity index is 102. The highest BCUT2D eigenvalue weighted by molar-refractivity contribution is 4.58. The molecule has 0 fully saturated rings. The van der Waals surface area contributed by atoms with Gasteiger partial charge in [0.05, 0.1) is 0 Å². The van der Waals surface area contributed by atoms with Gasteiger partial charge in [0.1, 0.15) is 0 Å². The van der Waals surface area contributed by atoms with Crippen LogP contribution < -0.4 is 5.32 Å². The van der Waals surface area contributed by atoms with Crippen molar-refractivity contribution >= 4 is 0 Å². The lowest BCUT2D eigenvalue weighted by molar-refractivity contribution is 0.270. The van der Waals surface area contributed by atoms with Crippen LogP contribution in [-0.2, 0) is 0 Å². The molecule has 0 atom stereocenters. The molecule has 0 bridgehead atoms. The van der Waals surface area contributed by atoms with Gasteiger partial charge in [0.2, 0.25) is 0 Å². The summed E-state index contributed by atoms with van der Waals surface area (Å²) >= 11 is 0. The average Bonchev–Trinajstić information content (AvgIpc) is 2.10. The van der Waals surface area contributed by atoms with E-state index in [1.165, 1.54) is 26.1 Å². The first kappa shape index (κ1) is 12.9. The molecule has 0 heterocycles. The molecule has 0 aliphatic heterocycles. The van der Waals surface area contributed by atoms with Gasteiger partial charge in [-0.3, -0.25) is 0 Å². The first-order valence-electron chi connectivity index (χ1n) is 5.63. The largest absolute Gasteiger partial charge is 0.316 e. The number of nitrogens with one attached hydrogen (secondary N) is 1. The lowest BCUT2D eigenvalue weighted by Gasteiger charge is -2.21. The van der Waals surface area contributed by atoms with Crippen molar-refractivity contribution < 1.29 is 0 Å². The summed E-state index contributed by atoms with van der Waals surface area (Å²) in [5.74, 6) is 0.827. The molecule has 2 heteroatoms. The van der Waals surface area contributed by atoms with Crippen LogP contribution in [0.25, 0.3) is 0 Å². The van der Waals surface area contributed by atoms with Gasteiger partial charge in [0.25, 0.3) is 0 Å².